The molecule has 0 amide bonds. The second-order valence-electron chi connectivity index (χ2n) is 14.5. The second kappa shape index (κ2) is 16.1. The van der Waals surface area contributed by atoms with Crippen molar-refractivity contribution in [1.29, 1.82) is 0 Å². The number of esters is 1. The van der Waals surface area contributed by atoms with Crippen LogP contribution in [0.5, 0.6) is 11.5 Å². The van der Waals surface area contributed by atoms with Crippen molar-refractivity contribution < 1.29 is 39.1 Å². The molecule has 8 nitrogen and oxygen atoms in total. The molecule has 1 aromatic carbocycles. The van der Waals surface area contributed by atoms with Crippen molar-refractivity contribution in [3.05, 3.63) is 22.3 Å². The molecule has 0 unspecified atom stereocenters. The molecule has 0 radical (unpaired) electrons. The van der Waals surface area contributed by atoms with Gasteiger partial charge in [0.1, 0.15) is 35.4 Å². The van der Waals surface area contributed by atoms with Crippen LogP contribution < -0.4 is 9.47 Å². The summed E-state index contributed by atoms with van der Waals surface area (Å²) in [6.07, 6.45) is 5.44. The average Bonchev–Trinajstić information content (AvgIpc) is 2.97. The normalized spacial score (nSPS) is 28.2. The van der Waals surface area contributed by atoms with E-state index in [0.29, 0.717) is 5.75 Å². The molecule has 44 heavy (non-hydrogen) atoms. The number of aliphatic hydroxyl groups is 3. The molecule has 8 heteroatoms. The van der Waals surface area contributed by atoms with E-state index in [1.165, 1.54) is 52.1 Å². The van der Waals surface area contributed by atoms with Crippen LogP contribution in [-0.2, 0) is 20.7 Å². The minimum absolute atomic E-state index is 0.236. The summed E-state index contributed by atoms with van der Waals surface area (Å²) in [7, 11) is 1.17. The van der Waals surface area contributed by atoms with Crippen molar-refractivity contribution in [3.63, 3.8) is 0 Å². The first-order valence-electron chi connectivity index (χ1n) is 16.9. The summed E-state index contributed by atoms with van der Waals surface area (Å²) in [5.41, 5.74) is 3.50. The number of aliphatic hydroxyl groups excluding tert-OH is 3. The summed E-state index contributed by atoms with van der Waals surface area (Å²) in [6, 6.07) is 0. The van der Waals surface area contributed by atoms with Gasteiger partial charge in [0, 0.05) is 5.56 Å². The predicted octanol–water partition coefficient (Wildman–Crippen LogP) is 6.49. The van der Waals surface area contributed by atoms with Crippen LogP contribution in [0.25, 0.3) is 0 Å². The topological polar surface area (TPSA) is 115 Å². The molecule has 3 N–H and O–H groups in total. The van der Waals surface area contributed by atoms with Crippen molar-refractivity contribution >= 4 is 5.97 Å². The Morgan fingerprint density at radius 2 is 1.45 bits per heavy atom. The van der Waals surface area contributed by atoms with E-state index >= 15 is 0 Å². The molecule has 0 bridgehead atoms. The molecule has 2 aliphatic rings. The maximum absolute atomic E-state index is 12.1. The second-order valence-corrected chi connectivity index (χ2v) is 14.5. The Morgan fingerprint density at radius 3 is 2.05 bits per heavy atom. The van der Waals surface area contributed by atoms with Crippen molar-refractivity contribution in [2.75, 3.05) is 7.11 Å². The number of ether oxygens (including phenoxy) is 4. The van der Waals surface area contributed by atoms with Gasteiger partial charge < -0.3 is 34.3 Å². The summed E-state index contributed by atoms with van der Waals surface area (Å²) in [4.78, 5) is 12.1. The van der Waals surface area contributed by atoms with Crippen LogP contribution in [-0.4, -0.2) is 64.7 Å². The summed E-state index contributed by atoms with van der Waals surface area (Å²) in [5, 5.41) is 31.2. The maximum atomic E-state index is 12.1. The fourth-order valence-electron chi connectivity index (χ4n) is 6.81. The molecule has 3 rings (SSSR count). The first kappa shape index (κ1) is 36.6. The highest BCUT2D eigenvalue weighted by atomic mass is 16.7. The summed E-state index contributed by atoms with van der Waals surface area (Å²) in [5.74, 6) is 2.92. The van der Waals surface area contributed by atoms with Crippen LogP contribution >= 0.6 is 0 Å². The number of carbonyl (C=O) groups excluding carboxylic acids is 1. The lowest BCUT2D eigenvalue weighted by Gasteiger charge is -2.41. The Bertz CT molecular complexity index is 1090. The van der Waals surface area contributed by atoms with E-state index in [0.717, 1.165) is 71.4 Å². The minimum atomic E-state index is -1.63. The molecule has 0 spiro atoms. The van der Waals surface area contributed by atoms with Crippen molar-refractivity contribution in [3.8, 4) is 11.5 Å². The molecule has 1 aromatic rings. The fraction of sp³-hybridized carbons (Fsp3) is 0.806. The standard InChI is InChI=1S/C36H60O8/c1-21(2)13-10-14-22(3)15-11-16-23(4)17-12-19-36(8)20-18-27-26(7)31(24(5)25(6)32(27)44-36)42-35-30(39)28(37)29(38)33(43-35)34(40)41-9/h21-23,28-30,33,35,37-39H,10-20H2,1-9H3/t22-,23-,28+,29+,30-,33+,35-,36-/m1/s1. The zero-order valence-corrected chi connectivity index (χ0v) is 28.8. The first-order valence-corrected chi connectivity index (χ1v) is 16.9. The third-order valence-corrected chi connectivity index (χ3v) is 10.1. The van der Waals surface area contributed by atoms with Crippen molar-refractivity contribution in [2.24, 2.45) is 17.8 Å². The SMILES string of the molecule is COC(=O)[C@H]1O[C@@H](Oc2c(C)c(C)c3c(c2C)CC[C@@](C)(CCC[C@H](C)CCC[C@H](C)CCCC(C)C)O3)[C@H](O)[C@@H](O)[C@@H]1O. The molecule has 0 saturated carbocycles. The molecular weight excluding hydrogens is 560 g/mol. The smallest absolute Gasteiger partial charge is 0.337 e. The molecule has 0 aromatic heterocycles. The van der Waals surface area contributed by atoms with Crippen LogP contribution in [0.4, 0.5) is 0 Å². The van der Waals surface area contributed by atoms with Gasteiger partial charge in [0.2, 0.25) is 6.29 Å². The number of fused-ring (bicyclic) bond motifs is 1. The van der Waals surface area contributed by atoms with Gasteiger partial charge in [-0.1, -0.05) is 72.6 Å². The zero-order chi connectivity index (χ0) is 32.8. The Hall–Kier alpha value is -1.87. The van der Waals surface area contributed by atoms with E-state index < -0.39 is 36.7 Å². The Kier molecular flexibility index (Phi) is 13.4. The molecule has 0 aliphatic carbocycles. The molecule has 2 aliphatic heterocycles. The van der Waals surface area contributed by atoms with Gasteiger partial charge in [0.15, 0.2) is 6.10 Å². The highest BCUT2D eigenvalue weighted by molar-refractivity contribution is 5.75. The largest absolute Gasteiger partial charge is 0.487 e. The Morgan fingerprint density at radius 1 is 0.864 bits per heavy atom. The summed E-state index contributed by atoms with van der Waals surface area (Å²) in [6.45, 7) is 17.5. The lowest BCUT2D eigenvalue weighted by atomic mass is 9.83. The first-order chi connectivity index (χ1) is 20.7. The number of benzene rings is 1. The lowest BCUT2D eigenvalue weighted by Crippen LogP contribution is -2.61. The lowest BCUT2D eigenvalue weighted by molar-refractivity contribution is -0.272. The summed E-state index contributed by atoms with van der Waals surface area (Å²) < 4.78 is 23.2. The summed E-state index contributed by atoms with van der Waals surface area (Å²) >= 11 is 0. The minimum Gasteiger partial charge on any atom is -0.487 e. The van der Waals surface area contributed by atoms with Crippen molar-refractivity contribution in [2.45, 2.75) is 162 Å². The number of rotatable bonds is 15. The number of methoxy groups -OCH3 is 1. The molecular formula is C36H60O8. The van der Waals surface area contributed by atoms with Crippen LogP contribution in [0.3, 0.4) is 0 Å². The van der Waals surface area contributed by atoms with Crippen LogP contribution in [0, 0.1) is 38.5 Å². The molecule has 1 saturated heterocycles. The van der Waals surface area contributed by atoms with Gasteiger partial charge >= 0.3 is 5.97 Å². The Labute approximate surface area is 265 Å². The quantitative estimate of drug-likeness (QED) is 0.191. The van der Waals surface area contributed by atoms with E-state index in [9.17, 15) is 20.1 Å². The zero-order valence-electron chi connectivity index (χ0n) is 28.8. The van der Waals surface area contributed by atoms with Gasteiger partial charge in [-0.3, -0.25) is 0 Å². The highest BCUT2D eigenvalue weighted by Crippen LogP contribution is 2.45. The predicted molar refractivity (Wildman–Crippen MR) is 172 cm³/mol. The van der Waals surface area contributed by atoms with E-state index in [1.807, 2.05) is 20.8 Å². The van der Waals surface area contributed by atoms with Gasteiger partial charge in [-0.15, -0.1) is 0 Å². The van der Waals surface area contributed by atoms with Gasteiger partial charge in [-0.05, 0) is 87.8 Å². The van der Waals surface area contributed by atoms with E-state index in [-0.39, 0.29) is 5.60 Å². The third-order valence-electron chi connectivity index (χ3n) is 10.1. The Balaban J connectivity index is 1.58. The molecule has 8 atom stereocenters. The van der Waals surface area contributed by atoms with E-state index in [1.54, 1.807) is 0 Å². The molecule has 252 valence electrons. The van der Waals surface area contributed by atoms with Gasteiger partial charge in [-0.25, -0.2) is 4.79 Å². The van der Waals surface area contributed by atoms with Crippen LogP contribution in [0.1, 0.15) is 121 Å². The van der Waals surface area contributed by atoms with Crippen LogP contribution in [0.2, 0.25) is 0 Å². The van der Waals surface area contributed by atoms with E-state index in [2.05, 4.69) is 34.6 Å². The van der Waals surface area contributed by atoms with E-state index in [4.69, 9.17) is 18.9 Å². The number of hydrogen-bond acceptors (Lipinski definition) is 8. The maximum Gasteiger partial charge on any atom is 0.337 e. The van der Waals surface area contributed by atoms with Gasteiger partial charge in [0.25, 0.3) is 0 Å². The number of carbonyl (C=O) groups is 1. The fourth-order valence-corrected chi connectivity index (χ4v) is 6.81. The third kappa shape index (κ3) is 9.11. The number of hydrogen-bond donors (Lipinski definition) is 3. The van der Waals surface area contributed by atoms with Gasteiger partial charge in [0.05, 0.1) is 7.11 Å². The molecule has 2 heterocycles. The van der Waals surface area contributed by atoms with Gasteiger partial charge in [-0.2, -0.15) is 0 Å². The monoisotopic (exact) mass is 620 g/mol. The molecule has 1 fully saturated rings. The highest BCUT2D eigenvalue weighted by Gasteiger charge is 2.49. The van der Waals surface area contributed by atoms with Crippen molar-refractivity contribution in [1.82, 2.24) is 0 Å². The van der Waals surface area contributed by atoms with Crippen LogP contribution in [0.15, 0.2) is 0 Å². The average molecular weight is 621 g/mol.